The predicted octanol–water partition coefficient (Wildman–Crippen LogP) is 0.576. The van der Waals surface area contributed by atoms with Gasteiger partial charge in [0, 0.05) is 19.6 Å². The molecule has 0 radical (unpaired) electrons. The Morgan fingerprint density at radius 3 is 2.92 bits per heavy atom. The Bertz CT molecular complexity index is 145. The summed E-state index contributed by atoms with van der Waals surface area (Å²) in [5.74, 6) is 3.60. The summed E-state index contributed by atoms with van der Waals surface area (Å²) < 4.78 is 5.29. The van der Waals surface area contributed by atoms with E-state index in [9.17, 15) is 0 Å². The van der Waals surface area contributed by atoms with Crippen molar-refractivity contribution in [1.82, 2.24) is 10.4 Å². The minimum Gasteiger partial charge on any atom is -0.379 e. The average Bonchev–Trinajstić information content (AvgIpc) is 2.69. The van der Waals surface area contributed by atoms with Gasteiger partial charge in [0.05, 0.1) is 13.2 Å². The number of thioether (sulfide) groups is 1. The second-order valence-electron chi connectivity index (χ2n) is 3.69. The third-order valence-electron chi connectivity index (χ3n) is 2.64. The SMILES string of the molecule is C1CN(NCC2CCSC2)CCO1. The summed E-state index contributed by atoms with van der Waals surface area (Å²) in [4.78, 5) is 0. The van der Waals surface area contributed by atoms with Crippen molar-refractivity contribution in [2.24, 2.45) is 5.92 Å². The monoisotopic (exact) mass is 202 g/mol. The molecule has 3 nitrogen and oxygen atoms in total. The summed E-state index contributed by atoms with van der Waals surface area (Å²) in [5, 5.41) is 2.30. The molecule has 13 heavy (non-hydrogen) atoms. The van der Waals surface area contributed by atoms with Gasteiger partial charge in [-0.05, 0) is 23.8 Å². The first kappa shape index (κ1) is 9.77. The molecular weight excluding hydrogens is 184 g/mol. The van der Waals surface area contributed by atoms with Crippen LogP contribution < -0.4 is 5.43 Å². The normalized spacial score (nSPS) is 30.9. The van der Waals surface area contributed by atoms with Gasteiger partial charge in [-0.15, -0.1) is 0 Å². The number of rotatable bonds is 3. The van der Waals surface area contributed by atoms with Gasteiger partial charge in [-0.25, -0.2) is 5.01 Å². The molecule has 2 saturated heterocycles. The highest BCUT2D eigenvalue weighted by atomic mass is 32.2. The minimum atomic E-state index is 0.881. The summed E-state index contributed by atoms with van der Waals surface area (Å²) in [5.41, 5.74) is 3.50. The number of hydrazine groups is 1. The molecule has 1 atom stereocenters. The molecule has 0 aliphatic carbocycles. The van der Waals surface area contributed by atoms with E-state index in [1.165, 1.54) is 17.9 Å². The van der Waals surface area contributed by atoms with E-state index in [0.29, 0.717) is 0 Å². The van der Waals surface area contributed by atoms with E-state index in [4.69, 9.17) is 4.74 Å². The summed E-state index contributed by atoms with van der Waals surface area (Å²) in [6.07, 6.45) is 1.39. The van der Waals surface area contributed by atoms with Crippen LogP contribution in [0, 0.1) is 5.92 Å². The smallest absolute Gasteiger partial charge is 0.0608 e. The fourth-order valence-electron chi connectivity index (χ4n) is 1.72. The fraction of sp³-hybridized carbons (Fsp3) is 1.00. The molecule has 0 aromatic heterocycles. The molecule has 0 bridgehead atoms. The summed E-state index contributed by atoms with van der Waals surface area (Å²) in [6, 6.07) is 0. The van der Waals surface area contributed by atoms with Gasteiger partial charge >= 0.3 is 0 Å². The number of hydrogen-bond acceptors (Lipinski definition) is 4. The van der Waals surface area contributed by atoms with Crippen LogP contribution in [-0.2, 0) is 4.74 Å². The highest BCUT2D eigenvalue weighted by molar-refractivity contribution is 7.99. The number of hydrogen-bond donors (Lipinski definition) is 1. The Balaban J connectivity index is 1.60. The predicted molar refractivity (Wildman–Crippen MR) is 55.8 cm³/mol. The second kappa shape index (κ2) is 5.20. The lowest BCUT2D eigenvalue weighted by Crippen LogP contribution is -2.47. The van der Waals surface area contributed by atoms with Crippen LogP contribution in [0.2, 0.25) is 0 Å². The van der Waals surface area contributed by atoms with Crippen molar-refractivity contribution in [3.05, 3.63) is 0 Å². The van der Waals surface area contributed by atoms with Gasteiger partial charge in [0.25, 0.3) is 0 Å². The first-order valence-corrected chi connectivity index (χ1v) is 6.24. The van der Waals surface area contributed by atoms with Crippen molar-refractivity contribution >= 4 is 11.8 Å². The van der Waals surface area contributed by atoms with E-state index >= 15 is 0 Å². The molecule has 1 N–H and O–H groups in total. The zero-order chi connectivity index (χ0) is 8.93. The Kier molecular flexibility index (Phi) is 3.91. The molecule has 76 valence electrons. The number of nitrogens with zero attached hydrogens (tertiary/aromatic N) is 1. The average molecular weight is 202 g/mol. The van der Waals surface area contributed by atoms with Crippen LogP contribution in [0.25, 0.3) is 0 Å². The molecule has 2 heterocycles. The van der Waals surface area contributed by atoms with E-state index in [-0.39, 0.29) is 0 Å². The Labute approximate surface area is 84.2 Å². The van der Waals surface area contributed by atoms with E-state index in [2.05, 4.69) is 22.2 Å². The molecule has 1 unspecified atom stereocenters. The van der Waals surface area contributed by atoms with Crippen LogP contribution >= 0.6 is 11.8 Å². The largest absolute Gasteiger partial charge is 0.379 e. The number of nitrogens with one attached hydrogen (secondary N) is 1. The van der Waals surface area contributed by atoms with Gasteiger partial charge in [0.1, 0.15) is 0 Å². The molecule has 0 aromatic carbocycles. The molecule has 0 aromatic rings. The molecule has 2 aliphatic rings. The van der Waals surface area contributed by atoms with Crippen LogP contribution in [0.3, 0.4) is 0 Å². The molecule has 2 aliphatic heterocycles. The molecule has 0 spiro atoms. The maximum Gasteiger partial charge on any atom is 0.0608 e. The fourth-order valence-corrected chi connectivity index (χ4v) is 3.01. The highest BCUT2D eigenvalue weighted by Crippen LogP contribution is 2.22. The van der Waals surface area contributed by atoms with Gasteiger partial charge in [0.2, 0.25) is 0 Å². The van der Waals surface area contributed by atoms with E-state index in [1.54, 1.807) is 0 Å². The highest BCUT2D eigenvalue weighted by Gasteiger charge is 2.17. The second-order valence-corrected chi connectivity index (χ2v) is 4.84. The molecule has 0 saturated carbocycles. The number of ether oxygens (including phenoxy) is 1. The third-order valence-corrected chi connectivity index (χ3v) is 3.87. The molecular formula is C9H18N2OS. The van der Waals surface area contributed by atoms with Crippen LogP contribution in [0.4, 0.5) is 0 Å². The van der Waals surface area contributed by atoms with Gasteiger partial charge in [-0.3, -0.25) is 5.43 Å². The van der Waals surface area contributed by atoms with Gasteiger partial charge in [-0.1, -0.05) is 0 Å². The maximum absolute atomic E-state index is 5.29. The minimum absolute atomic E-state index is 0.881. The van der Waals surface area contributed by atoms with Crippen molar-refractivity contribution in [2.45, 2.75) is 6.42 Å². The summed E-state index contributed by atoms with van der Waals surface area (Å²) in [6.45, 7) is 5.01. The van der Waals surface area contributed by atoms with Crippen molar-refractivity contribution in [1.29, 1.82) is 0 Å². The molecule has 2 rings (SSSR count). The molecule has 4 heteroatoms. The van der Waals surface area contributed by atoms with Crippen LogP contribution in [0.15, 0.2) is 0 Å². The zero-order valence-electron chi connectivity index (χ0n) is 8.00. The van der Waals surface area contributed by atoms with E-state index < -0.39 is 0 Å². The van der Waals surface area contributed by atoms with Crippen molar-refractivity contribution < 1.29 is 4.74 Å². The first-order valence-electron chi connectivity index (χ1n) is 5.09. The zero-order valence-corrected chi connectivity index (χ0v) is 8.81. The topological polar surface area (TPSA) is 24.5 Å². The van der Waals surface area contributed by atoms with Crippen molar-refractivity contribution in [3.63, 3.8) is 0 Å². The Morgan fingerprint density at radius 2 is 2.23 bits per heavy atom. The first-order chi connectivity index (χ1) is 6.45. The summed E-state index contributed by atoms with van der Waals surface area (Å²) in [7, 11) is 0. The van der Waals surface area contributed by atoms with Crippen LogP contribution in [-0.4, -0.2) is 49.4 Å². The van der Waals surface area contributed by atoms with E-state index in [1.807, 2.05) is 0 Å². The lowest BCUT2D eigenvalue weighted by atomic mass is 10.1. The molecule has 2 fully saturated rings. The lowest BCUT2D eigenvalue weighted by Gasteiger charge is -2.28. The maximum atomic E-state index is 5.29. The summed E-state index contributed by atoms with van der Waals surface area (Å²) >= 11 is 2.09. The Morgan fingerprint density at radius 1 is 1.38 bits per heavy atom. The van der Waals surface area contributed by atoms with Crippen molar-refractivity contribution in [3.8, 4) is 0 Å². The van der Waals surface area contributed by atoms with Crippen LogP contribution in [0.1, 0.15) is 6.42 Å². The lowest BCUT2D eigenvalue weighted by molar-refractivity contribution is 0.00993. The van der Waals surface area contributed by atoms with Crippen LogP contribution in [0.5, 0.6) is 0 Å². The quantitative estimate of drug-likeness (QED) is 0.723. The standard InChI is InChI=1S/C9H18N2OS/c1-6-13-8-9(1)7-10-11-2-4-12-5-3-11/h9-10H,1-8H2. The van der Waals surface area contributed by atoms with Gasteiger partial charge in [-0.2, -0.15) is 11.8 Å². The van der Waals surface area contributed by atoms with Gasteiger partial charge in [0.15, 0.2) is 0 Å². The van der Waals surface area contributed by atoms with Crippen molar-refractivity contribution in [2.75, 3.05) is 44.4 Å². The van der Waals surface area contributed by atoms with Gasteiger partial charge < -0.3 is 4.74 Å². The number of morpholine rings is 1. The Hall–Kier alpha value is 0.230. The van der Waals surface area contributed by atoms with E-state index in [0.717, 1.165) is 38.8 Å². The molecule has 0 amide bonds. The third kappa shape index (κ3) is 3.13.